The first-order chi connectivity index (χ1) is 8.67. The zero-order valence-corrected chi connectivity index (χ0v) is 11.3. The summed E-state index contributed by atoms with van der Waals surface area (Å²) in [7, 11) is 0. The normalized spacial score (nSPS) is 10.6. The van der Waals surface area contributed by atoms with E-state index in [1.807, 2.05) is 12.3 Å². The Morgan fingerprint density at radius 3 is 3.06 bits per heavy atom. The number of carbonyl (C=O) groups excluding carboxylic acids is 1. The molecule has 96 valence electrons. The predicted molar refractivity (Wildman–Crippen MR) is 68.5 cm³/mol. The van der Waals surface area contributed by atoms with Crippen molar-refractivity contribution < 1.29 is 9.32 Å². The number of nitrogens with zero attached hydrogens (tertiary/aromatic N) is 2. The van der Waals surface area contributed by atoms with Crippen LogP contribution in [0.4, 0.5) is 0 Å². The van der Waals surface area contributed by atoms with Gasteiger partial charge in [-0.1, -0.05) is 5.16 Å². The van der Waals surface area contributed by atoms with Gasteiger partial charge in [-0.05, 0) is 6.92 Å². The molecule has 0 aliphatic heterocycles. The van der Waals surface area contributed by atoms with E-state index in [-0.39, 0.29) is 12.3 Å². The lowest BCUT2D eigenvalue weighted by atomic mass is 10.3. The molecule has 7 heteroatoms. The fourth-order valence-electron chi connectivity index (χ4n) is 1.38. The number of aryl methyl sites for hydroxylation is 1. The largest absolute Gasteiger partial charge is 0.359 e. The monoisotopic (exact) mass is 285 g/mol. The molecule has 5 nitrogen and oxygen atoms in total. The summed E-state index contributed by atoms with van der Waals surface area (Å²) >= 11 is 7.08. The number of alkyl halides is 1. The second kappa shape index (κ2) is 5.97. The van der Waals surface area contributed by atoms with Crippen molar-refractivity contribution in [3.8, 4) is 0 Å². The maximum absolute atomic E-state index is 11.7. The summed E-state index contributed by atoms with van der Waals surface area (Å²) in [6.07, 6.45) is 0.259. The second-order valence-electron chi connectivity index (χ2n) is 3.75. The van der Waals surface area contributed by atoms with Crippen LogP contribution in [0.25, 0.3) is 0 Å². The molecule has 0 spiro atoms. The summed E-state index contributed by atoms with van der Waals surface area (Å²) in [6, 6.07) is 1.79. The Labute approximate surface area is 113 Å². The van der Waals surface area contributed by atoms with Gasteiger partial charge in [-0.25, -0.2) is 4.98 Å². The Morgan fingerprint density at radius 1 is 1.61 bits per heavy atom. The predicted octanol–water partition coefficient (Wildman–Crippen LogP) is 2.04. The Morgan fingerprint density at radius 2 is 2.44 bits per heavy atom. The summed E-state index contributed by atoms with van der Waals surface area (Å²) in [6.45, 7) is 2.17. The van der Waals surface area contributed by atoms with Gasteiger partial charge in [0.1, 0.15) is 5.01 Å². The molecule has 1 amide bonds. The summed E-state index contributed by atoms with van der Waals surface area (Å²) in [4.78, 5) is 15.9. The molecule has 0 bridgehead atoms. The van der Waals surface area contributed by atoms with Crippen LogP contribution in [0.2, 0.25) is 0 Å². The number of thiazole rings is 1. The minimum Gasteiger partial charge on any atom is -0.359 e. The first kappa shape index (κ1) is 13.0. The number of aromatic nitrogens is 2. The average Bonchev–Trinajstić information content (AvgIpc) is 2.95. The molecule has 0 saturated heterocycles. The topological polar surface area (TPSA) is 68.0 Å². The van der Waals surface area contributed by atoms with Gasteiger partial charge < -0.3 is 9.84 Å². The van der Waals surface area contributed by atoms with Gasteiger partial charge >= 0.3 is 0 Å². The van der Waals surface area contributed by atoms with E-state index in [2.05, 4.69) is 15.5 Å². The van der Waals surface area contributed by atoms with Gasteiger partial charge in [-0.15, -0.1) is 22.9 Å². The highest BCUT2D eigenvalue weighted by atomic mass is 35.5. The zero-order valence-electron chi connectivity index (χ0n) is 9.77. The molecule has 0 atom stereocenters. The molecule has 0 unspecified atom stereocenters. The molecule has 2 rings (SSSR count). The van der Waals surface area contributed by atoms with Gasteiger partial charge in [0, 0.05) is 11.4 Å². The Kier molecular flexibility index (Phi) is 4.33. The first-order valence-corrected chi connectivity index (χ1v) is 6.77. The van der Waals surface area contributed by atoms with E-state index >= 15 is 0 Å². The average molecular weight is 286 g/mol. The zero-order chi connectivity index (χ0) is 13.0. The van der Waals surface area contributed by atoms with Crippen molar-refractivity contribution in [1.82, 2.24) is 15.5 Å². The van der Waals surface area contributed by atoms with Gasteiger partial charge in [0.15, 0.2) is 5.76 Å². The third-order valence-electron chi connectivity index (χ3n) is 2.18. The molecular weight excluding hydrogens is 274 g/mol. The van der Waals surface area contributed by atoms with Gasteiger partial charge in [0.25, 0.3) is 0 Å². The fourth-order valence-corrected chi connectivity index (χ4v) is 2.40. The summed E-state index contributed by atoms with van der Waals surface area (Å²) in [5.74, 6) is 0.913. The van der Waals surface area contributed by atoms with E-state index in [1.54, 1.807) is 6.07 Å². The molecule has 2 aromatic rings. The molecule has 0 aromatic carbocycles. The number of halogens is 1. The van der Waals surface area contributed by atoms with Gasteiger partial charge in [0.05, 0.1) is 30.2 Å². The molecule has 18 heavy (non-hydrogen) atoms. The second-order valence-corrected chi connectivity index (χ2v) is 4.96. The third-order valence-corrected chi connectivity index (χ3v) is 3.36. The van der Waals surface area contributed by atoms with Crippen LogP contribution in [0, 0.1) is 6.92 Å². The molecule has 2 aromatic heterocycles. The number of nitrogens with one attached hydrogen (secondary N) is 1. The highest BCUT2D eigenvalue weighted by molar-refractivity contribution is 7.09. The smallest absolute Gasteiger partial charge is 0.227 e. The minimum atomic E-state index is -0.0977. The third kappa shape index (κ3) is 3.54. The van der Waals surface area contributed by atoms with E-state index in [0.717, 1.165) is 16.4 Å². The van der Waals surface area contributed by atoms with E-state index in [4.69, 9.17) is 16.1 Å². The van der Waals surface area contributed by atoms with E-state index < -0.39 is 0 Å². The van der Waals surface area contributed by atoms with Gasteiger partial charge in [-0.3, -0.25) is 4.79 Å². The molecule has 0 aliphatic carbocycles. The lowest BCUT2D eigenvalue weighted by Crippen LogP contribution is -2.24. The fraction of sp³-hybridized carbons (Fsp3) is 0.364. The molecular formula is C11H12ClN3O2S. The van der Waals surface area contributed by atoms with Crippen molar-refractivity contribution in [1.29, 1.82) is 0 Å². The van der Waals surface area contributed by atoms with Gasteiger partial charge in [-0.2, -0.15) is 0 Å². The van der Waals surface area contributed by atoms with Crippen molar-refractivity contribution in [3.63, 3.8) is 0 Å². The summed E-state index contributed by atoms with van der Waals surface area (Å²) in [5.41, 5.74) is 1.60. The lowest BCUT2D eigenvalue weighted by Gasteiger charge is -2.00. The van der Waals surface area contributed by atoms with Gasteiger partial charge in [0.2, 0.25) is 5.91 Å². The summed E-state index contributed by atoms with van der Waals surface area (Å²) in [5, 5.41) is 9.11. The first-order valence-electron chi connectivity index (χ1n) is 5.35. The minimum absolute atomic E-state index is 0.0977. The van der Waals surface area contributed by atoms with E-state index in [1.165, 1.54) is 11.3 Å². The van der Waals surface area contributed by atoms with Crippen LogP contribution in [0.15, 0.2) is 16.0 Å². The van der Waals surface area contributed by atoms with Crippen LogP contribution < -0.4 is 5.32 Å². The standard InChI is InChI=1S/C11H12ClN3O2S/c1-7-2-9(17-15-7)5-13-10(16)3-11-14-8(4-12)6-18-11/h2,6H,3-5H2,1H3,(H,13,16). The Bertz CT molecular complexity index is 538. The molecule has 0 saturated carbocycles. The number of carbonyl (C=O) groups is 1. The summed E-state index contributed by atoms with van der Waals surface area (Å²) < 4.78 is 4.99. The number of rotatable bonds is 5. The highest BCUT2D eigenvalue weighted by Gasteiger charge is 2.08. The van der Waals surface area contributed by atoms with Crippen LogP contribution in [0.1, 0.15) is 22.2 Å². The van der Waals surface area contributed by atoms with Crippen molar-refractivity contribution >= 4 is 28.8 Å². The Hall–Kier alpha value is -1.40. The Balaban J connectivity index is 1.81. The highest BCUT2D eigenvalue weighted by Crippen LogP contribution is 2.12. The lowest BCUT2D eigenvalue weighted by molar-refractivity contribution is -0.120. The SMILES string of the molecule is Cc1cc(CNC(=O)Cc2nc(CCl)cs2)on1. The quantitative estimate of drug-likeness (QED) is 0.854. The van der Waals surface area contributed by atoms with Crippen molar-refractivity contribution in [3.05, 3.63) is 33.6 Å². The molecule has 0 aliphatic rings. The number of hydrogen-bond donors (Lipinski definition) is 1. The van der Waals surface area contributed by atoms with Crippen molar-refractivity contribution in [2.24, 2.45) is 0 Å². The van der Waals surface area contributed by atoms with Crippen LogP contribution in [0.3, 0.4) is 0 Å². The number of hydrogen-bond acceptors (Lipinski definition) is 5. The van der Waals surface area contributed by atoms with Crippen molar-refractivity contribution in [2.75, 3.05) is 0 Å². The molecule has 0 radical (unpaired) electrons. The maximum atomic E-state index is 11.7. The van der Waals surface area contributed by atoms with E-state index in [0.29, 0.717) is 18.2 Å². The van der Waals surface area contributed by atoms with Crippen LogP contribution >= 0.6 is 22.9 Å². The van der Waals surface area contributed by atoms with E-state index in [9.17, 15) is 4.79 Å². The molecule has 1 N–H and O–H groups in total. The van der Waals surface area contributed by atoms with Crippen LogP contribution in [0.5, 0.6) is 0 Å². The maximum Gasteiger partial charge on any atom is 0.227 e. The molecule has 2 heterocycles. The molecule has 0 fully saturated rings. The number of amides is 1. The van der Waals surface area contributed by atoms with Crippen molar-refractivity contribution in [2.45, 2.75) is 25.8 Å². The van der Waals surface area contributed by atoms with Crippen LogP contribution in [-0.2, 0) is 23.6 Å². The van der Waals surface area contributed by atoms with Crippen LogP contribution in [-0.4, -0.2) is 16.0 Å².